The molecule has 0 spiro atoms. The van der Waals surface area contributed by atoms with Gasteiger partial charge in [0.15, 0.2) is 0 Å². The first kappa shape index (κ1) is 12.8. The number of esters is 1. The average molecular weight is 222 g/mol. The van der Waals surface area contributed by atoms with E-state index in [4.69, 9.17) is 0 Å². The topological polar surface area (TPSA) is 26.3 Å². The minimum Gasteiger partial charge on any atom is -0.393 e. The number of hydrogen-bond acceptors (Lipinski definition) is 2. The highest BCUT2D eigenvalue weighted by atomic mass is 19.3. The Labute approximate surface area is 74.1 Å². The molecule has 0 fully saturated rings. The SMILES string of the molecule is C=CC(=O)OC(F)(F)C(F)(F)C(F)F. The maximum absolute atomic E-state index is 12.2. The molecule has 0 saturated carbocycles. The van der Waals surface area contributed by atoms with E-state index in [1.165, 1.54) is 0 Å². The van der Waals surface area contributed by atoms with Gasteiger partial charge in [0, 0.05) is 6.08 Å². The predicted octanol–water partition coefficient (Wildman–Crippen LogP) is 2.21. The van der Waals surface area contributed by atoms with E-state index < -0.39 is 24.4 Å². The number of hydrogen-bond donors (Lipinski definition) is 0. The first-order valence-electron chi connectivity index (χ1n) is 3.04. The second-order valence-electron chi connectivity index (χ2n) is 2.07. The molecule has 14 heavy (non-hydrogen) atoms. The molecule has 2 nitrogen and oxygen atoms in total. The van der Waals surface area contributed by atoms with Crippen LogP contribution in [0.15, 0.2) is 12.7 Å². The molecule has 82 valence electrons. The Bertz CT molecular complexity index is 236. The van der Waals surface area contributed by atoms with E-state index in [1.807, 2.05) is 0 Å². The van der Waals surface area contributed by atoms with Crippen LogP contribution in [-0.4, -0.2) is 24.4 Å². The summed E-state index contributed by atoms with van der Waals surface area (Å²) in [5.74, 6) is -7.65. The van der Waals surface area contributed by atoms with Crippen LogP contribution in [0.1, 0.15) is 0 Å². The van der Waals surface area contributed by atoms with Gasteiger partial charge in [-0.2, -0.15) is 17.6 Å². The van der Waals surface area contributed by atoms with Gasteiger partial charge in [-0.25, -0.2) is 13.6 Å². The van der Waals surface area contributed by atoms with Gasteiger partial charge in [0.05, 0.1) is 0 Å². The largest absolute Gasteiger partial charge is 0.472 e. The van der Waals surface area contributed by atoms with Crippen molar-refractivity contribution in [2.45, 2.75) is 18.5 Å². The molecule has 0 atom stereocenters. The zero-order valence-electron chi connectivity index (χ0n) is 6.45. The highest BCUT2D eigenvalue weighted by Gasteiger charge is 2.66. The molecule has 8 heteroatoms. The molecule has 0 bridgehead atoms. The van der Waals surface area contributed by atoms with E-state index >= 15 is 0 Å². The average Bonchev–Trinajstić information content (AvgIpc) is 2.02. The highest BCUT2D eigenvalue weighted by Crippen LogP contribution is 2.39. The number of carbonyl (C=O) groups is 1. The van der Waals surface area contributed by atoms with Crippen LogP contribution in [0.4, 0.5) is 26.3 Å². The number of ether oxygens (including phenoxy) is 1. The van der Waals surface area contributed by atoms with Crippen molar-refractivity contribution in [2.75, 3.05) is 0 Å². The molecular formula is C6H4F6O2. The fourth-order valence-corrected chi connectivity index (χ4v) is 0.363. The van der Waals surface area contributed by atoms with Gasteiger partial charge in [-0.15, -0.1) is 0 Å². The Morgan fingerprint density at radius 1 is 1.29 bits per heavy atom. The summed E-state index contributed by atoms with van der Waals surface area (Å²) in [4.78, 5) is 10.1. The summed E-state index contributed by atoms with van der Waals surface area (Å²) < 4.78 is 74.0. The third kappa shape index (κ3) is 2.39. The molecule has 0 amide bonds. The molecule has 0 radical (unpaired) electrons. The summed E-state index contributed by atoms with van der Waals surface area (Å²) in [6.45, 7) is 2.63. The van der Waals surface area contributed by atoms with Gasteiger partial charge in [0.2, 0.25) is 0 Å². The fraction of sp³-hybridized carbons (Fsp3) is 0.500. The Morgan fingerprint density at radius 2 is 1.71 bits per heavy atom. The summed E-state index contributed by atoms with van der Waals surface area (Å²) in [6, 6.07) is 0. The maximum Gasteiger partial charge on any atom is 0.472 e. The van der Waals surface area contributed by atoms with Gasteiger partial charge >= 0.3 is 24.4 Å². The van der Waals surface area contributed by atoms with Gasteiger partial charge in [-0.3, -0.25) is 0 Å². The molecule has 0 rings (SSSR count). The Hall–Kier alpha value is -1.21. The standard InChI is InChI=1S/C6H4F6O2/c1-2-3(13)14-6(11,12)5(9,10)4(7)8/h2,4H,1H2. The summed E-state index contributed by atoms with van der Waals surface area (Å²) in [7, 11) is 0. The van der Waals surface area contributed by atoms with Gasteiger partial charge < -0.3 is 4.74 Å². The van der Waals surface area contributed by atoms with Gasteiger partial charge in [0.1, 0.15) is 0 Å². The summed E-state index contributed by atoms with van der Waals surface area (Å²) in [5.41, 5.74) is 0. The molecule has 0 aromatic carbocycles. The molecule has 0 aliphatic carbocycles. The molecule has 0 aromatic heterocycles. The number of halogens is 6. The lowest BCUT2D eigenvalue weighted by Crippen LogP contribution is -2.49. The molecule has 0 unspecified atom stereocenters. The van der Waals surface area contributed by atoms with E-state index in [2.05, 4.69) is 11.3 Å². The number of rotatable bonds is 4. The van der Waals surface area contributed by atoms with Gasteiger partial charge in [0.25, 0.3) is 0 Å². The van der Waals surface area contributed by atoms with Crippen molar-refractivity contribution >= 4 is 5.97 Å². The van der Waals surface area contributed by atoms with Crippen molar-refractivity contribution in [2.24, 2.45) is 0 Å². The third-order valence-corrected chi connectivity index (χ3v) is 1.06. The Balaban J connectivity index is 4.76. The third-order valence-electron chi connectivity index (χ3n) is 1.06. The molecule has 0 aromatic rings. The van der Waals surface area contributed by atoms with Crippen molar-refractivity contribution in [3.05, 3.63) is 12.7 Å². The van der Waals surface area contributed by atoms with Gasteiger partial charge in [-0.05, 0) is 0 Å². The molecule has 0 aliphatic rings. The molecule has 0 heterocycles. The van der Waals surface area contributed by atoms with Crippen molar-refractivity contribution in [1.29, 1.82) is 0 Å². The quantitative estimate of drug-likeness (QED) is 0.414. The van der Waals surface area contributed by atoms with E-state index in [-0.39, 0.29) is 6.08 Å². The van der Waals surface area contributed by atoms with Crippen LogP contribution in [0, 0.1) is 0 Å². The fourth-order valence-electron chi connectivity index (χ4n) is 0.363. The van der Waals surface area contributed by atoms with E-state index in [0.717, 1.165) is 0 Å². The Kier molecular flexibility index (Phi) is 3.55. The number of carbonyl (C=O) groups excluding carboxylic acids is 1. The van der Waals surface area contributed by atoms with Gasteiger partial charge in [-0.1, -0.05) is 6.58 Å². The van der Waals surface area contributed by atoms with Crippen LogP contribution >= 0.6 is 0 Å². The predicted molar refractivity (Wildman–Crippen MR) is 32.2 cm³/mol. The first-order valence-corrected chi connectivity index (χ1v) is 3.04. The van der Waals surface area contributed by atoms with Crippen molar-refractivity contribution < 1.29 is 35.9 Å². The Morgan fingerprint density at radius 3 is 2.00 bits per heavy atom. The smallest absolute Gasteiger partial charge is 0.393 e. The number of alkyl halides is 6. The zero-order chi connectivity index (χ0) is 11.6. The van der Waals surface area contributed by atoms with Crippen LogP contribution in [-0.2, 0) is 9.53 Å². The molecular weight excluding hydrogens is 218 g/mol. The second-order valence-corrected chi connectivity index (χ2v) is 2.07. The van der Waals surface area contributed by atoms with Crippen LogP contribution in [0.2, 0.25) is 0 Å². The van der Waals surface area contributed by atoms with E-state index in [1.54, 1.807) is 0 Å². The summed E-state index contributed by atoms with van der Waals surface area (Å²) in [6.07, 6.45) is -10.1. The lowest BCUT2D eigenvalue weighted by Gasteiger charge is -2.23. The van der Waals surface area contributed by atoms with Crippen molar-refractivity contribution in [3.63, 3.8) is 0 Å². The van der Waals surface area contributed by atoms with E-state index in [0.29, 0.717) is 0 Å². The molecule has 0 N–H and O–H groups in total. The lowest BCUT2D eigenvalue weighted by atomic mass is 10.3. The second kappa shape index (κ2) is 3.89. The monoisotopic (exact) mass is 222 g/mol. The molecule has 0 aliphatic heterocycles. The van der Waals surface area contributed by atoms with Crippen LogP contribution < -0.4 is 0 Å². The minimum atomic E-state index is -5.73. The van der Waals surface area contributed by atoms with Crippen molar-refractivity contribution in [3.8, 4) is 0 Å². The van der Waals surface area contributed by atoms with Crippen LogP contribution in [0.25, 0.3) is 0 Å². The minimum absolute atomic E-state index is 0.148. The van der Waals surface area contributed by atoms with Crippen LogP contribution in [0.5, 0.6) is 0 Å². The normalized spacial score (nSPS) is 12.8. The highest BCUT2D eigenvalue weighted by molar-refractivity contribution is 5.81. The zero-order valence-corrected chi connectivity index (χ0v) is 6.45. The van der Waals surface area contributed by atoms with Crippen LogP contribution in [0.3, 0.4) is 0 Å². The van der Waals surface area contributed by atoms with E-state index in [9.17, 15) is 31.1 Å². The first-order chi connectivity index (χ1) is 6.15. The maximum atomic E-state index is 12.2. The molecule has 0 saturated heterocycles. The summed E-state index contributed by atoms with van der Waals surface area (Å²) >= 11 is 0. The lowest BCUT2D eigenvalue weighted by molar-refractivity contribution is -0.357. The summed E-state index contributed by atoms with van der Waals surface area (Å²) in [5, 5.41) is 0. The van der Waals surface area contributed by atoms with Crippen molar-refractivity contribution in [1.82, 2.24) is 0 Å².